The number of piperidine rings is 1. The number of benzene rings is 4. The number of rotatable bonds is 10. The number of imidazole rings is 1. The number of likely N-dealkylation sites (N-methyl/N-ethyl adjacent to an activating group) is 1. The van der Waals surface area contributed by atoms with Crippen LogP contribution < -0.4 is 15.4 Å². The van der Waals surface area contributed by atoms with Crippen LogP contribution >= 0.6 is 23.2 Å². The SMILES string of the molecule is C[C@H]1C(=O)N[C@@H](CO)C(=O)N[C@@]2(Cc3ccc(Cl)cc3)CCCN(C2)C(=O)[C@H]([C@@H]2CCc3ccccc32)CC(=O)N1Cc1ccc(Cl)cc1Oc1ccc(-c2cnc(C3CN(C)C3)n2C)cc1. The van der Waals surface area contributed by atoms with Gasteiger partial charge in [0.1, 0.15) is 29.4 Å². The first kappa shape index (κ1) is 46.4. The van der Waals surface area contributed by atoms with Crippen LogP contribution in [-0.4, -0.2) is 110 Å². The maximum absolute atomic E-state index is 15.3. The Morgan fingerprint density at radius 3 is 2.39 bits per heavy atom. The normalized spacial score (nSPS) is 24.1. The first-order valence-electron chi connectivity index (χ1n) is 23.2. The summed E-state index contributed by atoms with van der Waals surface area (Å²) in [6, 6.07) is 25.8. The number of aromatic nitrogens is 2. The van der Waals surface area contributed by atoms with Gasteiger partial charge in [-0.05, 0) is 117 Å². The summed E-state index contributed by atoms with van der Waals surface area (Å²) in [4.78, 5) is 69.3. The average Bonchev–Trinajstić information content (AvgIpc) is 3.92. The van der Waals surface area contributed by atoms with E-state index in [1.54, 1.807) is 42.2 Å². The van der Waals surface area contributed by atoms with Gasteiger partial charge in [-0.25, -0.2) is 4.98 Å². The molecule has 1 aromatic heterocycles. The zero-order valence-electron chi connectivity index (χ0n) is 38.1. The number of hydrogen-bond acceptors (Lipinski definition) is 8. The van der Waals surface area contributed by atoms with Gasteiger partial charge in [0, 0.05) is 66.7 Å². The van der Waals surface area contributed by atoms with Crippen LogP contribution in [0.25, 0.3) is 11.3 Å². The number of aliphatic hydroxyl groups is 1. The molecule has 3 fully saturated rings. The van der Waals surface area contributed by atoms with E-state index in [1.807, 2.05) is 67.8 Å². The van der Waals surface area contributed by atoms with Gasteiger partial charge in [0.2, 0.25) is 23.6 Å². The van der Waals surface area contributed by atoms with E-state index < -0.39 is 47.9 Å². The average molecular weight is 947 g/mol. The Morgan fingerprint density at radius 2 is 1.64 bits per heavy atom. The van der Waals surface area contributed by atoms with E-state index in [0.717, 1.165) is 53.3 Å². The fourth-order valence-electron chi connectivity index (χ4n) is 10.7. The van der Waals surface area contributed by atoms with Crippen LogP contribution in [0.15, 0.2) is 97.2 Å². The first-order chi connectivity index (χ1) is 32.3. The standard InChI is InChI=1S/C52H57Cl2N7O6/c1-32-49(64)56-44(30-62)50(65)57-52(25-33-9-15-38(53)16-10-33)21-6-22-60(31-52)51(66)43(42-20-14-34-7-4-5-8-41(34)42)24-47(63)61(32)29-36-11-17-39(54)23-46(36)67-40-18-12-35(13-19-40)45-26-55-48(59(45)3)37-27-58(2)28-37/h4-5,7-13,15-19,23,26,32,37,42-44,62H,6,14,20-22,24-25,27-31H2,1-3H3,(H,56,64)(H,57,65)/t32-,42+,43-,44-,52+/m0/s1. The lowest BCUT2D eigenvalue weighted by atomic mass is 9.80. The third kappa shape index (κ3) is 9.83. The Kier molecular flexibility index (Phi) is 13.5. The first-order valence-corrected chi connectivity index (χ1v) is 23.9. The van der Waals surface area contributed by atoms with E-state index in [0.29, 0.717) is 65.3 Å². The van der Waals surface area contributed by atoms with Crippen molar-refractivity contribution >= 4 is 46.8 Å². The minimum absolute atomic E-state index is 0.0851. The lowest BCUT2D eigenvalue weighted by Gasteiger charge is -2.46. The Balaban J connectivity index is 1.03. The van der Waals surface area contributed by atoms with Crippen LogP contribution in [-0.2, 0) is 45.6 Å². The number of fused-ring (bicyclic) bond motifs is 3. The molecule has 0 unspecified atom stereocenters. The molecule has 1 aliphatic carbocycles. The lowest BCUT2D eigenvalue weighted by Crippen LogP contribution is -2.65. The van der Waals surface area contributed by atoms with Crippen LogP contribution in [0.2, 0.25) is 10.0 Å². The van der Waals surface area contributed by atoms with Crippen molar-refractivity contribution in [3.05, 3.63) is 135 Å². The number of aliphatic hydroxyl groups excluding tert-OH is 1. The van der Waals surface area contributed by atoms with Crippen LogP contribution in [0.3, 0.4) is 0 Å². The van der Waals surface area contributed by atoms with Gasteiger partial charge < -0.3 is 39.7 Å². The molecule has 3 aliphatic heterocycles. The molecule has 13 nitrogen and oxygen atoms in total. The molecule has 15 heteroatoms. The summed E-state index contributed by atoms with van der Waals surface area (Å²) in [5.41, 5.74) is 4.71. The predicted molar refractivity (Wildman–Crippen MR) is 257 cm³/mol. The molecule has 0 radical (unpaired) electrons. The summed E-state index contributed by atoms with van der Waals surface area (Å²) in [5.74, 6) is -0.442. The number of carbonyl (C=O) groups excluding carboxylic acids is 4. The molecule has 0 spiro atoms. The fraction of sp³-hybridized carbons (Fsp3) is 0.404. The Bertz CT molecular complexity index is 2650. The van der Waals surface area contributed by atoms with Crippen LogP contribution in [0.4, 0.5) is 0 Å². The van der Waals surface area contributed by atoms with Gasteiger partial charge in [-0.3, -0.25) is 19.2 Å². The molecule has 2 bridgehead atoms. The van der Waals surface area contributed by atoms with Gasteiger partial charge in [0.25, 0.3) is 0 Å². The molecule has 4 heterocycles. The summed E-state index contributed by atoms with van der Waals surface area (Å²) < 4.78 is 8.64. The largest absolute Gasteiger partial charge is 0.457 e. The van der Waals surface area contributed by atoms with E-state index in [-0.39, 0.29) is 31.3 Å². The minimum Gasteiger partial charge on any atom is -0.457 e. The number of amides is 4. The number of nitrogens with one attached hydrogen (secondary N) is 2. The van der Waals surface area contributed by atoms with Crippen molar-refractivity contribution in [3.8, 4) is 22.8 Å². The third-order valence-electron chi connectivity index (χ3n) is 14.3. The van der Waals surface area contributed by atoms with Crippen LogP contribution in [0.5, 0.6) is 11.5 Å². The number of nitrogens with zero attached hydrogens (tertiary/aromatic N) is 5. The van der Waals surface area contributed by atoms with E-state index in [4.69, 9.17) is 32.9 Å². The van der Waals surface area contributed by atoms with E-state index >= 15 is 9.59 Å². The van der Waals surface area contributed by atoms with Crippen molar-refractivity contribution < 1.29 is 29.0 Å². The monoisotopic (exact) mass is 945 g/mol. The van der Waals surface area contributed by atoms with E-state index in [1.165, 1.54) is 4.90 Å². The predicted octanol–water partition coefficient (Wildman–Crippen LogP) is 6.88. The highest BCUT2D eigenvalue weighted by Crippen LogP contribution is 2.42. The quantitative estimate of drug-likeness (QED) is 0.137. The van der Waals surface area contributed by atoms with Crippen molar-refractivity contribution in [2.75, 3.05) is 39.8 Å². The van der Waals surface area contributed by atoms with Crippen molar-refractivity contribution in [3.63, 3.8) is 0 Å². The highest BCUT2D eigenvalue weighted by molar-refractivity contribution is 6.31. The number of hydrogen-bond donors (Lipinski definition) is 3. The molecule has 9 rings (SSSR count). The number of ether oxygens (including phenoxy) is 1. The molecule has 0 saturated carbocycles. The molecular weight excluding hydrogens is 890 g/mol. The molecule has 5 aromatic rings. The molecule has 4 amide bonds. The Morgan fingerprint density at radius 1 is 0.896 bits per heavy atom. The zero-order chi connectivity index (χ0) is 47.0. The highest BCUT2D eigenvalue weighted by atomic mass is 35.5. The molecule has 3 N–H and O–H groups in total. The van der Waals surface area contributed by atoms with Gasteiger partial charge in [-0.1, -0.05) is 65.7 Å². The second-order valence-corrected chi connectivity index (χ2v) is 19.8. The fourth-order valence-corrected chi connectivity index (χ4v) is 11.0. The summed E-state index contributed by atoms with van der Waals surface area (Å²) in [7, 11) is 4.14. The minimum atomic E-state index is -1.33. The van der Waals surface area contributed by atoms with Crippen molar-refractivity contribution in [2.24, 2.45) is 13.0 Å². The topological polar surface area (TPSA) is 149 Å². The van der Waals surface area contributed by atoms with E-state index in [2.05, 4.69) is 33.2 Å². The maximum atomic E-state index is 15.3. The number of likely N-dealkylation sites (tertiary alicyclic amines) is 1. The zero-order valence-corrected chi connectivity index (χ0v) is 39.6. The number of halogens is 2. The van der Waals surface area contributed by atoms with Crippen LogP contribution in [0.1, 0.15) is 72.5 Å². The van der Waals surface area contributed by atoms with Gasteiger partial charge in [0.05, 0.1) is 36.5 Å². The lowest BCUT2D eigenvalue weighted by molar-refractivity contribution is -0.148. The summed E-state index contributed by atoms with van der Waals surface area (Å²) in [6.45, 7) is 3.41. The summed E-state index contributed by atoms with van der Waals surface area (Å²) in [6.07, 6.45) is 4.72. The molecule has 350 valence electrons. The van der Waals surface area contributed by atoms with Gasteiger partial charge in [-0.15, -0.1) is 0 Å². The van der Waals surface area contributed by atoms with E-state index in [9.17, 15) is 14.7 Å². The van der Waals surface area contributed by atoms with Gasteiger partial charge in [0.15, 0.2) is 0 Å². The molecule has 4 aliphatic rings. The molecule has 4 aromatic carbocycles. The van der Waals surface area contributed by atoms with Crippen molar-refractivity contribution in [1.82, 2.24) is 34.9 Å². The molecular formula is C52H57Cl2N7O6. The summed E-state index contributed by atoms with van der Waals surface area (Å²) >= 11 is 12.8. The molecule has 3 saturated heterocycles. The molecule has 5 atom stereocenters. The van der Waals surface area contributed by atoms with Gasteiger partial charge in [-0.2, -0.15) is 0 Å². The van der Waals surface area contributed by atoms with Crippen LogP contribution in [0, 0.1) is 5.92 Å². The Hall–Kier alpha value is -5.73. The van der Waals surface area contributed by atoms with Crippen molar-refractivity contribution in [1.29, 1.82) is 0 Å². The number of carbonyl (C=O) groups is 4. The second-order valence-electron chi connectivity index (χ2n) is 18.9. The van der Waals surface area contributed by atoms with Crippen molar-refractivity contribution in [2.45, 2.75) is 81.5 Å². The smallest absolute Gasteiger partial charge is 0.245 e. The second kappa shape index (κ2) is 19.5. The Labute approximate surface area is 401 Å². The molecule has 67 heavy (non-hydrogen) atoms. The third-order valence-corrected chi connectivity index (χ3v) is 14.8. The van der Waals surface area contributed by atoms with Gasteiger partial charge >= 0.3 is 0 Å². The number of aryl methyl sites for hydroxylation is 1. The maximum Gasteiger partial charge on any atom is 0.245 e. The summed E-state index contributed by atoms with van der Waals surface area (Å²) in [5, 5.41) is 17.5. The highest BCUT2D eigenvalue weighted by Gasteiger charge is 2.45.